The third-order valence-electron chi connectivity index (χ3n) is 4.20. The van der Waals surface area contributed by atoms with Gasteiger partial charge in [-0.2, -0.15) is 8.78 Å². The van der Waals surface area contributed by atoms with Gasteiger partial charge in [0.1, 0.15) is 5.75 Å². The van der Waals surface area contributed by atoms with Crippen LogP contribution in [-0.4, -0.2) is 44.3 Å². The van der Waals surface area contributed by atoms with Gasteiger partial charge >= 0.3 is 6.61 Å². The Bertz CT molecular complexity index is 606. The lowest BCUT2D eigenvalue weighted by Gasteiger charge is -2.27. The molecule has 0 aliphatic carbocycles. The van der Waals surface area contributed by atoms with Gasteiger partial charge in [-0.3, -0.25) is 4.79 Å². The molecule has 1 aromatic carbocycles. The Morgan fingerprint density at radius 3 is 2.83 bits per heavy atom. The lowest BCUT2D eigenvalue weighted by Crippen LogP contribution is -2.41. The number of fused-ring (bicyclic) bond motifs is 1. The molecule has 1 fully saturated rings. The SMILES string of the molecule is CN(Cc1cc2c(cc1OC(F)F)OCO2)C(=O)C1CCCNC1. The zero-order valence-electron chi connectivity index (χ0n) is 13.4. The van der Waals surface area contributed by atoms with Crippen LogP contribution in [-0.2, 0) is 11.3 Å². The lowest BCUT2D eigenvalue weighted by molar-refractivity contribution is -0.135. The molecule has 0 bridgehead atoms. The summed E-state index contributed by atoms with van der Waals surface area (Å²) in [5.74, 6) is 0.724. The van der Waals surface area contributed by atoms with E-state index in [0.29, 0.717) is 23.6 Å². The van der Waals surface area contributed by atoms with Gasteiger partial charge in [-0.15, -0.1) is 0 Å². The van der Waals surface area contributed by atoms with E-state index < -0.39 is 6.61 Å². The number of rotatable bonds is 5. The first-order valence-electron chi connectivity index (χ1n) is 7.87. The third-order valence-corrected chi connectivity index (χ3v) is 4.20. The van der Waals surface area contributed by atoms with Crippen molar-refractivity contribution in [2.75, 3.05) is 26.9 Å². The van der Waals surface area contributed by atoms with Crippen LogP contribution in [0.15, 0.2) is 12.1 Å². The normalized spacial score (nSPS) is 19.4. The molecule has 0 saturated carbocycles. The number of amides is 1. The minimum absolute atomic E-state index is 0.00401. The second-order valence-corrected chi connectivity index (χ2v) is 5.93. The van der Waals surface area contributed by atoms with E-state index in [-0.39, 0.29) is 30.9 Å². The van der Waals surface area contributed by atoms with E-state index in [0.717, 1.165) is 19.4 Å². The molecular weight excluding hydrogens is 322 g/mol. The van der Waals surface area contributed by atoms with Crippen molar-refractivity contribution in [3.63, 3.8) is 0 Å². The first-order valence-corrected chi connectivity index (χ1v) is 7.87. The van der Waals surface area contributed by atoms with E-state index in [4.69, 9.17) is 9.47 Å². The number of carbonyl (C=O) groups excluding carboxylic acids is 1. The topological polar surface area (TPSA) is 60.0 Å². The maximum Gasteiger partial charge on any atom is 0.387 e. The van der Waals surface area contributed by atoms with Crippen LogP contribution in [0.2, 0.25) is 0 Å². The molecule has 2 heterocycles. The van der Waals surface area contributed by atoms with Crippen molar-refractivity contribution in [1.29, 1.82) is 0 Å². The van der Waals surface area contributed by atoms with Crippen LogP contribution in [0.1, 0.15) is 18.4 Å². The highest BCUT2D eigenvalue weighted by atomic mass is 19.3. The van der Waals surface area contributed by atoms with Crippen LogP contribution < -0.4 is 19.5 Å². The first kappa shape index (κ1) is 16.8. The monoisotopic (exact) mass is 342 g/mol. The second kappa shape index (κ2) is 7.21. The van der Waals surface area contributed by atoms with E-state index in [1.807, 2.05) is 0 Å². The summed E-state index contributed by atoms with van der Waals surface area (Å²) in [7, 11) is 1.66. The van der Waals surface area contributed by atoms with Gasteiger partial charge in [0.15, 0.2) is 11.5 Å². The van der Waals surface area contributed by atoms with Gasteiger partial charge in [-0.1, -0.05) is 0 Å². The number of hydrogen-bond donors (Lipinski definition) is 1. The van der Waals surface area contributed by atoms with Gasteiger partial charge in [-0.05, 0) is 25.5 Å². The fourth-order valence-corrected chi connectivity index (χ4v) is 3.00. The maximum absolute atomic E-state index is 12.7. The van der Waals surface area contributed by atoms with E-state index in [1.54, 1.807) is 13.1 Å². The molecule has 1 amide bonds. The summed E-state index contributed by atoms with van der Waals surface area (Å²) in [6, 6.07) is 2.97. The van der Waals surface area contributed by atoms with Gasteiger partial charge < -0.3 is 24.4 Å². The molecule has 6 nitrogen and oxygen atoms in total. The molecule has 132 valence electrons. The number of nitrogens with zero attached hydrogens (tertiary/aromatic N) is 1. The van der Waals surface area contributed by atoms with Crippen molar-refractivity contribution in [2.24, 2.45) is 5.92 Å². The zero-order chi connectivity index (χ0) is 17.1. The predicted octanol–water partition coefficient (Wildman–Crippen LogP) is 1.97. The average Bonchev–Trinajstić information content (AvgIpc) is 3.01. The number of carbonyl (C=O) groups is 1. The van der Waals surface area contributed by atoms with Gasteiger partial charge in [0, 0.05) is 31.8 Å². The molecule has 24 heavy (non-hydrogen) atoms. The molecule has 1 aromatic rings. The van der Waals surface area contributed by atoms with Crippen molar-refractivity contribution < 1.29 is 27.8 Å². The predicted molar refractivity (Wildman–Crippen MR) is 81.3 cm³/mol. The highest BCUT2D eigenvalue weighted by Crippen LogP contribution is 2.39. The molecule has 1 N–H and O–H groups in total. The second-order valence-electron chi connectivity index (χ2n) is 5.93. The highest BCUT2D eigenvalue weighted by molar-refractivity contribution is 5.79. The molecule has 8 heteroatoms. The first-order chi connectivity index (χ1) is 11.5. The maximum atomic E-state index is 12.7. The Balaban J connectivity index is 1.76. The number of benzene rings is 1. The summed E-state index contributed by atoms with van der Waals surface area (Å²) in [6.45, 7) is -1.19. The molecule has 3 rings (SSSR count). The Morgan fingerprint density at radius 1 is 1.42 bits per heavy atom. The minimum atomic E-state index is -2.95. The van der Waals surface area contributed by atoms with E-state index >= 15 is 0 Å². The summed E-state index contributed by atoms with van der Waals surface area (Å²) < 4.78 is 40.4. The summed E-state index contributed by atoms with van der Waals surface area (Å²) in [5, 5.41) is 3.20. The summed E-state index contributed by atoms with van der Waals surface area (Å²) in [5.41, 5.74) is 0.458. The molecule has 1 atom stereocenters. The Hall–Kier alpha value is -2.09. The van der Waals surface area contributed by atoms with Crippen LogP contribution in [0.3, 0.4) is 0 Å². The largest absolute Gasteiger partial charge is 0.454 e. The molecule has 0 radical (unpaired) electrons. The van der Waals surface area contributed by atoms with E-state index in [1.165, 1.54) is 11.0 Å². The quantitative estimate of drug-likeness (QED) is 0.887. The summed E-state index contributed by atoms with van der Waals surface area (Å²) >= 11 is 0. The number of alkyl halides is 2. The Labute approximate surface area is 138 Å². The van der Waals surface area contributed by atoms with Crippen molar-refractivity contribution in [2.45, 2.75) is 26.0 Å². The molecule has 0 aromatic heterocycles. The van der Waals surface area contributed by atoms with Crippen LogP contribution >= 0.6 is 0 Å². The van der Waals surface area contributed by atoms with Gasteiger partial charge in [0.25, 0.3) is 0 Å². The van der Waals surface area contributed by atoms with Crippen LogP contribution in [0.4, 0.5) is 8.78 Å². The van der Waals surface area contributed by atoms with Crippen LogP contribution in [0, 0.1) is 5.92 Å². The third kappa shape index (κ3) is 3.69. The zero-order valence-corrected chi connectivity index (χ0v) is 13.4. The van der Waals surface area contributed by atoms with Crippen molar-refractivity contribution >= 4 is 5.91 Å². The Morgan fingerprint density at radius 2 is 2.17 bits per heavy atom. The molecule has 1 saturated heterocycles. The lowest BCUT2D eigenvalue weighted by atomic mass is 9.98. The molecule has 1 unspecified atom stereocenters. The highest BCUT2D eigenvalue weighted by Gasteiger charge is 2.26. The number of nitrogens with one attached hydrogen (secondary N) is 1. The molecule has 2 aliphatic rings. The van der Waals surface area contributed by atoms with Crippen LogP contribution in [0.25, 0.3) is 0 Å². The van der Waals surface area contributed by atoms with E-state index in [9.17, 15) is 13.6 Å². The minimum Gasteiger partial charge on any atom is -0.454 e. The summed E-state index contributed by atoms with van der Waals surface area (Å²) in [6.07, 6.45) is 1.78. The number of piperidine rings is 1. The standard InChI is InChI=1S/C16H20F2N2O4/c1-20(15(21)10-3-2-4-19-7-10)8-11-5-13-14(23-9-22-13)6-12(11)24-16(17)18/h5-6,10,16,19H,2-4,7-9H2,1H3. The number of halogens is 2. The molecule has 2 aliphatic heterocycles. The van der Waals surface area contributed by atoms with E-state index in [2.05, 4.69) is 10.1 Å². The van der Waals surface area contributed by atoms with Crippen molar-refractivity contribution in [1.82, 2.24) is 10.2 Å². The van der Waals surface area contributed by atoms with Gasteiger partial charge in [0.05, 0.1) is 5.92 Å². The van der Waals surface area contributed by atoms with Crippen molar-refractivity contribution in [3.8, 4) is 17.2 Å². The van der Waals surface area contributed by atoms with Crippen molar-refractivity contribution in [3.05, 3.63) is 17.7 Å². The van der Waals surface area contributed by atoms with Gasteiger partial charge in [0.2, 0.25) is 12.7 Å². The van der Waals surface area contributed by atoms with Gasteiger partial charge in [-0.25, -0.2) is 0 Å². The average molecular weight is 342 g/mol. The van der Waals surface area contributed by atoms with Crippen LogP contribution in [0.5, 0.6) is 17.2 Å². The molecular formula is C16H20F2N2O4. The fourth-order valence-electron chi connectivity index (χ4n) is 3.00. The Kier molecular flexibility index (Phi) is 5.03. The molecule has 0 spiro atoms. The fraction of sp³-hybridized carbons (Fsp3) is 0.562. The smallest absolute Gasteiger partial charge is 0.387 e. The number of hydrogen-bond acceptors (Lipinski definition) is 5. The number of ether oxygens (including phenoxy) is 3. The summed E-state index contributed by atoms with van der Waals surface area (Å²) in [4.78, 5) is 14.0.